The van der Waals surface area contributed by atoms with Crippen molar-refractivity contribution in [2.24, 2.45) is 0 Å². The number of benzene rings is 2. The van der Waals surface area contributed by atoms with Gasteiger partial charge < -0.3 is 0 Å². The Labute approximate surface area is 113 Å². The van der Waals surface area contributed by atoms with Crippen molar-refractivity contribution >= 4 is 0 Å². The fourth-order valence-corrected chi connectivity index (χ4v) is 2.01. The Morgan fingerprint density at radius 3 is 2.05 bits per heavy atom. The minimum atomic E-state index is 1.12. The van der Waals surface area contributed by atoms with E-state index in [1.165, 1.54) is 11.1 Å². The predicted octanol–water partition coefficient (Wildman–Crippen LogP) is 3.17. The molecule has 3 aromatic rings. The first-order valence-electron chi connectivity index (χ1n) is 6.39. The van der Waals surface area contributed by atoms with Crippen LogP contribution in [0, 0.1) is 20.2 Å². The number of aromatic nitrogens is 2. The first-order chi connectivity index (χ1) is 9.22. The molecule has 1 aromatic heterocycles. The molecule has 0 fully saturated rings. The molecule has 2 nitrogen and oxygen atoms in total. The maximum absolute atomic E-state index is 3.32. The summed E-state index contributed by atoms with van der Waals surface area (Å²) < 4.78 is 4.00. The lowest BCUT2D eigenvalue weighted by molar-refractivity contribution is -0.599. The summed E-state index contributed by atoms with van der Waals surface area (Å²) in [4.78, 5) is 0. The zero-order chi connectivity index (χ0) is 13.2. The minimum Gasteiger partial charge on any atom is -0.299 e. The van der Waals surface area contributed by atoms with Crippen molar-refractivity contribution in [3.05, 3.63) is 78.4 Å². The fourth-order valence-electron chi connectivity index (χ4n) is 2.01. The molecule has 0 unspecified atom stereocenters. The lowest BCUT2D eigenvalue weighted by atomic mass is 10.2. The van der Waals surface area contributed by atoms with Crippen LogP contribution < -0.4 is 4.57 Å². The Bertz CT molecular complexity index is 616. The molecule has 0 radical (unpaired) electrons. The number of rotatable bonds is 2. The van der Waals surface area contributed by atoms with E-state index in [4.69, 9.17) is 0 Å². The van der Waals surface area contributed by atoms with E-state index in [9.17, 15) is 0 Å². The molecule has 0 saturated heterocycles. The van der Waals surface area contributed by atoms with Gasteiger partial charge in [0, 0.05) is 12.4 Å². The molecular formula is C17H16N2. The lowest BCUT2D eigenvalue weighted by Gasteiger charge is -2.02. The van der Waals surface area contributed by atoms with Crippen LogP contribution in [0.25, 0.3) is 11.4 Å². The molecule has 0 aliphatic heterocycles. The second-order valence-corrected chi connectivity index (χ2v) is 4.81. The van der Waals surface area contributed by atoms with E-state index in [-0.39, 0.29) is 0 Å². The van der Waals surface area contributed by atoms with Crippen molar-refractivity contribution in [3.8, 4) is 11.4 Å². The Morgan fingerprint density at radius 2 is 1.42 bits per heavy atom. The smallest absolute Gasteiger partial charge is 0.268 e. The standard InChI is InChI=1S/C17H16N2/c1-14-3-7-16(8-4-14)18-11-12-19(13-18)17-9-5-15(2)6-10-17/h3-12H,1-2H3. The highest BCUT2D eigenvalue weighted by molar-refractivity contribution is 5.34. The highest BCUT2D eigenvalue weighted by Crippen LogP contribution is 2.09. The number of imidazole rings is 1. The average Bonchev–Trinajstić information content (AvgIpc) is 2.90. The Kier molecular flexibility index (Phi) is 2.92. The molecule has 0 N–H and O–H groups in total. The predicted molar refractivity (Wildman–Crippen MR) is 75.6 cm³/mol. The molecule has 2 aromatic carbocycles. The van der Waals surface area contributed by atoms with Crippen LogP contribution >= 0.6 is 0 Å². The fraction of sp³-hybridized carbons (Fsp3) is 0.118. The van der Waals surface area contributed by atoms with E-state index in [1.807, 2.05) is 21.5 Å². The van der Waals surface area contributed by atoms with Crippen molar-refractivity contribution in [1.82, 2.24) is 4.57 Å². The first kappa shape index (κ1) is 11.7. The molecule has 0 aliphatic rings. The molecule has 0 bridgehead atoms. The topological polar surface area (TPSA) is 8.81 Å². The molecule has 0 spiro atoms. The third kappa shape index (κ3) is 2.43. The van der Waals surface area contributed by atoms with Gasteiger partial charge in [0.05, 0.1) is 11.4 Å². The quantitative estimate of drug-likeness (QED) is 0.486. The summed E-state index contributed by atoms with van der Waals surface area (Å²) in [5, 5.41) is 0. The summed E-state index contributed by atoms with van der Waals surface area (Å²) in [6, 6.07) is 16.9. The van der Waals surface area contributed by atoms with Crippen LogP contribution in [0.4, 0.5) is 0 Å². The maximum Gasteiger partial charge on any atom is 0.268 e. The first-order valence-corrected chi connectivity index (χ1v) is 6.39. The molecule has 0 saturated carbocycles. The zero-order valence-corrected chi connectivity index (χ0v) is 11.2. The number of hydrogen-bond donors (Lipinski definition) is 0. The normalized spacial score (nSPS) is 10.6. The molecule has 1 heterocycles. The van der Waals surface area contributed by atoms with Crippen molar-refractivity contribution in [2.75, 3.05) is 0 Å². The van der Waals surface area contributed by atoms with E-state index < -0.39 is 0 Å². The summed E-state index contributed by atoms with van der Waals surface area (Å²) in [7, 11) is 0. The van der Waals surface area contributed by atoms with Gasteiger partial charge >= 0.3 is 0 Å². The SMILES string of the molecule is Cc1ccc(-n2[c-][n+](-c3ccc(C)cc3)cc2)cc1. The third-order valence-corrected chi connectivity index (χ3v) is 3.20. The minimum absolute atomic E-state index is 1.12. The van der Waals surface area contributed by atoms with Gasteiger partial charge in [-0.3, -0.25) is 9.13 Å². The van der Waals surface area contributed by atoms with E-state index in [2.05, 4.69) is 68.7 Å². The highest BCUT2D eigenvalue weighted by atomic mass is 15.1. The van der Waals surface area contributed by atoms with Crippen molar-refractivity contribution in [2.45, 2.75) is 13.8 Å². The second-order valence-electron chi connectivity index (χ2n) is 4.81. The van der Waals surface area contributed by atoms with Crippen molar-refractivity contribution in [1.29, 1.82) is 0 Å². The number of nitrogens with zero attached hydrogens (tertiary/aromatic N) is 2. The Morgan fingerprint density at radius 1 is 0.842 bits per heavy atom. The Balaban J connectivity index is 1.95. The van der Waals surface area contributed by atoms with E-state index in [1.54, 1.807) is 0 Å². The van der Waals surface area contributed by atoms with E-state index in [0.717, 1.165) is 11.4 Å². The van der Waals surface area contributed by atoms with Crippen LogP contribution in [0.3, 0.4) is 0 Å². The van der Waals surface area contributed by atoms with Gasteiger partial charge in [-0.2, -0.15) is 0 Å². The van der Waals surface area contributed by atoms with Crippen LogP contribution in [0.1, 0.15) is 11.1 Å². The highest BCUT2D eigenvalue weighted by Gasteiger charge is 2.02. The van der Waals surface area contributed by atoms with Gasteiger partial charge in [-0.25, -0.2) is 0 Å². The van der Waals surface area contributed by atoms with Gasteiger partial charge in [0.25, 0.3) is 6.33 Å². The molecule has 0 atom stereocenters. The van der Waals surface area contributed by atoms with E-state index >= 15 is 0 Å². The van der Waals surface area contributed by atoms with Crippen LogP contribution in [0.5, 0.6) is 0 Å². The molecule has 0 amide bonds. The summed E-state index contributed by atoms with van der Waals surface area (Å²) in [6.45, 7) is 4.19. The van der Waals surface area contributed by atoms with Gasteiger partial charge in [-0.05, 0) is 38.1 Å². The van der Waals surface area contributed by atoms with Gasteiger partial charge in [0.2, 0.25) is 0 Å². The van der Waals surface area contributed by atoms with Crippen molar-refractivity contribution < 1.29 is 4.57 Å². The van der Waals surface area contributed by atoms with Crippen LogP contribution in [0.2, 0.25) is 0 Å². The monoisotopic (exact) mass is 248 g/mol. The van der Waals surface area contributed by atoms with Crippen LogP contribution in [0.15, 0.2) is 60.9 Å². The van der Waals surface area contributed by atoms with Crippen LogP contribution in [-0.2, 0) is 0 Å². The van der Waals surface area contributed by atoms with E-state index in [0.29, 0.717) is 0 Å². The molecule has 94 valence electrons. The largest absolute Gasteiger partial charge is 0.299 e. The Hall–Kier alpha value is -2.35. The molecule has 19 heavy (non-hydrogen) atoms. The third-order valence-electron chi connectivity index (χ3n) is 3.20. The number of hydrogen-bond acceptors (Lipinski definition) is 0. The second kappa shape index (κ2) is 4.73. The lowest BCUT2D eigenvalue weighted by Crippen LogP contribution is -2.27. The molecular weight excluding hydrogens is 232 g/mol. The van der Waals surface area contributed by atoms with Gasteiger partial charge in [-0.1, -0.05) is 35.4 Å². The summed E-state index contributed by atoms with van der Waals surface area (Å²) in [5.41, 5.74) is 4.78. The maximum atomic E-state index is 3.32. The summed E-state index contributed by atoms with van der Waals surface area (Å²) in [6.07, 6.45) is 7.35. The molecule has 3 rings (SSSR count). The molecule has 2 heteroatoms. The van der Waals surface area contributed by atoms with Gasteiger partial charge in [-0.15, -0.1) is 0 Å². The molecule has 0 aliphatic carbocycles. The van der Waals surface area contributed by atoms with Gasteiger partial charge in [0.15, 0.2) is 0 Å². The van der Waals surface area contributed by atoms with Crippen molar-refractivity contribution in [3.63, 3.8) is 0 Å². The van der Waals surface area contributed by atoms with Crippen LogP contribution in [-0.4, -0.2) is 4.57 Å². The van der Waals surface area contributed by atoms with Gasteiger partial charge in [0.1, 0.15) is 0 Å². The summed E-state index contributed by atoms with van der Waals surface area (Å²) >= 11 is 0. The number of aryl methyl sites for hydroxylation is 2. The zero-order valence-electron chi connectivity index (χ0n) is 11.2. The average molecular weight is 248 g/mol. The summed E-state index contributed by atoms with van der Waals surface area (Å²) in [5.74, 6) is 0.